The molecular formula is C14H19N3O4S. The Labute approximate surface area is 129 Å². The van der Waals surface area contributed by atoms with Crippen LogP contribution in [0.3, 0.4) is 0 Å². The lowest BCUT2D eigenvalue weighted by atomic mass is 10.0. The summed E-state index contributed by atoms with van der Waals surface area (Å²) in [5.74, 6) is 0. The average Bonchev–Trinajstić information content (AvgIpc) is 3.14. The standard InChI is InChI=1S/C14H19N3O4S/c1-9-13(10(2)17(3)15-9)14-11(6-8-21-14)16-22(18,19)12-5-4-7-20-12/h4-5,7,11,14,16H,6,8H2,1-3H3/t11-,14-/m0/s1. The first-order valence-corrected chi connectivity index (χ1v) is 8.56. The highest BCUT2D eigenvalue weighted by Crippen LogP contribution is 2.33. The zero-order chi connectivity index (χ0) is 15.9. The highest BCUT2D eigenvalue weighted by Gasteiger charge is 2.36. The van der Waals surface area contributed by atoms with Gasteiger partial charge in [0.15, 0.2) is 0 Å². The van der Waals surface area contributed by atoms with E-state index in [1.54, 1.807) is 10.7 Å². The minimum absolute atomic E-state index is 0.0854. The Morgan fingerprint density at radius 2 is 2.18 bits per heavy atom. The maximum absolute atomic E-state index is 12.3. The van der Waals surface area contributed by atoms with Crippen molar-refractivity contribution in [3.05, 3.63) is 35.3 Å². The number of furan rings is 1. The Morgan fingerprint density at radius 3 is 2.77 bits per heavy atom. The molecule has 2 atom stereocenters. The van der Waals surface area contributed by atoms with Gasteiger partial charge in [0.25, 0.3) is 10.0 Å². The molecule has 3 rings (SSSR count). The molecule has 1 N–H and O–H groups in total. The van der Waals surface area contributed by atoms with Crippen LogP contribution in [0.4, 0.5) is 0 Å². The number of nitrogens with zero attached hydrogens (tertiary/aromatic N) is 2. The Kier molecular flexibility index (Phi) is 3.84. The molecule has 1 fully saturated rings. The fourth-order valence-corrected chi connectivity index (χ4v) is 4.07. The number of sulfonamides is 1. The van der Waals surface area contributed by atoms with E-state index in [1.165, 1.54) is 12.3 Å². The van der Waals surface area contributed by atoms with Crippen LogP contribution in [-0.2, 0) is 21.8 Å². The maximum Gasteiger partial charge on any atom is 0.274 e. The van der Waals surface area contributed by atoms with E-state index in [0.717, 1.165) is 17.0 Å². The van der Waals surface area contributed by atoms with Crippen molar-refractivity contribution in [2.75, 3.05) is 6.61 Å². The van der Waals surface area contributed by atoms with Gasteiger partial charge in [-0.25, -0.2) is 13.1 Å². The zero-order valence-electron chi connectivity index (χ0n) is 12.7. The number of aryl methyl sites for hydroxylation is 2. The molecule has 120 valence electrons. The van der Waals surface area contributed by atoms with Crippen LogP contribution in [-0.4, -0.2) is 30.8 Å². The molecule has 2 aromatic heterocycles. The molecule has 3 heterocycles. The lowest BCUT2D eigenvalue weighted by Gasteiger charge is -2.20. The van der Waals surface area contributed by atoms with E-state index in [1.807, 2.05) is 20.9 Å². The molecule has 1 aliphatic heterocycles. The minimum Gasteiger partial charge on any atom is -0.452 e. The Balaban J connectivity index is 1.88. The molecule has 1 aliphatic rings. The molecule has 22 heavy (non-hydrogen) atoms. The van der Waals surface area contributed by atoms with Crippen molar-refractivity contribution in [1.82, 2.24) is 14.5 Å². The van der Waals surface area contributed by atoms with Crippen molar-refractivity contribution < 1.29 is 17.6 Å². The predicted molar refractivity (Wildman–Crippen MR) is 78.8 cm³/mol. The molecule has 7 nitrogen and oxygen atoms in total. The highest BCUT2D eigenvalue weighted by atomic mass is 32.2. The van der Waals surface area contributed by atoms with Crippen molar-refractivity contribution in [1.29, 1.82) is 0 Å². The second-order valence-corrected chi connectivity index (χ2v) is 7.09. The lowest BCUT2D eigenvalue weighted by molar-refractivity contribution is 0.101. The van der Waals surface area contributed by atoms with Crippen molar-refractivity contribution in [3.8, 4) is 0 Å². The van der Waals surface area contributed by atoms with E-state index in [-0.39, 0.29) is 17.2 Å². The molecule has 0 unspecified atom stereocenters. The molecule has 0 radical (unpaired) electrons. The van der Waals surface area contributed by atoms with Gasteiger partial charge in [-0.05, 0) is 32.4 Å². The summed E-state index contributed by atoms with van der Waals surface area (Å²) in [5.41, 5.74) is 2.79. The van der Waals surface area contributed by atoms with Gasteiger partial charge in [0.05, 0.1) is 18.0 Å². The highest BCUT2D eigenvalue weighted by molar-refractivity contribution is 7.89. The van der Waals surface area contributed by atoms with Gasteiger partial charge >= 0.3 is 0 Å². The molecule has 1 saturated heterocycles. The number of rotatable bonds is 4. The molecule has 0 amide bonds. The van der Waals surface area contributed by atoms with E-state index in [0.29, 0.717) is 13.0 Å². The van der Waals surface area contributed by atoms with Crippen LogP contribution in [0, 0.1) is 13.8 Å². The quantitative estimate of drug-likeness (QED) is 0.919. The SMILES string of the molecule is Cc1nn(C)c(C)c1[C@H]1OCC[C@@H]1NS(=O)(=O)c1ccco1. The maximum atomic E-state index is 12.3. The number of hydrogen-bond acceptors (Lipinski definition) is 5. The third kappa shape index (κ3) is 2.57. The monoisotopic (exact) mass is 325 g/mol. The summed E-state index contributed by atoms with van der Waals surface area (Å²) in [5, 5.41) is 4.29. The smallest absolute Gasteiger partial charge is 0.274 e. The third-order valence-corrected chi connectivity index (χ3v) is 5.38. The summed E-state index contributed by atoms with van der Waals surface area (Å²) >= 11 is 0. The van der Waals surface area contributed by atoms with Crippen LogP contribution in [0.25, 0.3) is 0 Å². The predicted octanol–water partition coefficient (Wildman–Crippen LogP) is 1.44. The van der Waals surface area contributed by atoms with E-state index in [4.69, 9.17) is 9.15 Å². The van der Waals surface area contributed by atoms with Crippen molar-refractivity contribution >= 4 is 10.0 Å². The van der Waals surface area contributed by atoms with E-state index >= 15 is 0 Å². The Morgan fingerprint density at radius 1 is 1.41 bits per heavy atom. The van der Waals surface area contributed by atoms with Gasteiger partial charge in [0, 0.05) is 24.9 Å². The summed E-state index contributed by atoms with van der Waals surface area (Å²) in [4.78, 5) is 0. The third-order valence-electron chi connectivity index (χ3n) is 4.01. The number of aromatic nitrogens is 2. The Bertz CT molecular complexity index is 764. The fourth-order valence-electron chi connectivity index (χ4n) is 2.87. The van der Waals surface area contributed by atoms with Crippen LogP contribution in [0.1, 0.15) is 29.5 Å². The normalized spacial score (nSPS) is 22.3. The van der Waals surface area contributed by atoms with Gasteiger partial charge in [-0.2, -0.15) is 5.10 Å². The summed E-state index contributed by atoms with van der Waals surface area (Å²) in [6.45, 7) is 4.36. The summed E-state index contributed by atoms with van der Waals surface area (Å²) < 4.78 is 39.9. The second kappa shape index (κ2) is 5.53. The second-order valence-electron chi connectivity index (χ2n) is 5.45. The van der Waals surface area contributed by atoms with Gasteiger partial charge in [-0.1, -0.05) is 0 Å². The number of hydrogen-bond donors (Lipinski definition) is 1. The first kappa shape index (κ1) is 15.3. The van der Waals surface area contributed by atoms with Crippen LogP contribution in [0.5, 0.6) is 0 Å². The van der Waals surface area contributed by atoms with Gasteiger partial charge in [0.2, 0.25) is 5.09 Å². The number of nitrogens with one attached hydrogen (secondary N) is 1. The number of ether oxygens (including phenoxy) is 1. The van der Waals surface area contributed by atoms with Crippen LogP contribution < -0.4 is 4.72 Å². The topological polar surface area (TPSA) is 86.4 Å². The van der Waals surface area contributed by atoms with Crippen molar-refractivity contribution in [2.24, 2.45) is 7.05 Å². The summed E-state index contributed by atoms with van der Waals surface area (Å²) in [7, 11) is -1.82. The van der Waals surface area contributed by atoms with Gasteiger partial charge < -0.3 is 9.15 Å². The molecule has 0 spiro atoms. The van der Waals surface area contributed by atoms with E-state index < -0.39 is 10.0 Å². The first-order valence-electron chi connectivity index (χ1n) is 7.07. The molecule has 2 aromatic rings. The molecule has 0 aliphatic carbocycles. The molecule has 8 heteroatoms. The van der Waals surface area contributed by atoms with Gasteiger partial charge in [0.1, 0.15) is 6.10 Å². The fraction of sp³-hybridized carbons (Fsp3) is 0.500. The largest absolute Gasteiger partial charge is 0.452 e. The van der Waals surface area contributed by atoms with Crippen LogP contribution in [0.15, 0.2) is 27.9 Å². The lowest BCUT2D eigenvalue weighted by Crippen LogP contribution is -2.36. The van der Waals surface area contributed by atoms with Crippen LogP contribution >= 0.6 is 0 Å². The molecule has 0 saturated carbocycles. The minimum atomic E-state index is -3.68. The Hall–Kier alpha value is -1.64. The molecular weight excluding hydrogens is 306 g/mol. The van der Waals surface area contributed by atoms with Gasteiger partial charge in [-0.3, -0.25) is 4.68 Å². The van der Waals surface area contributed by atoms with Gasteiger partial charge in [-0.15, -0.1) is 0 Å². The molecule has 0 aromatic carbocycles. The van der Waals surface area contributed by atoms with E-state index in [9.17, 15) is 8.42 Å². The first-order chi connectivity index (χ1) is 10.4. The average molecular weight is 325 g/mol. The van der Waals surface area contributed by atoms with Crippen LogP contribution in [0.2, 0.25) is 0 Å². The van der Waals surface area contributed by atoms with Crippen molar-refractivity contribution in [3.63, 3.8) is 0 Å². The molecule has 0 bridgehead atoms. The summed E-state index contributed by atoms with van der Waals surface area (Å²) in [6, 6.07) is 2.64. The van der Waals surface area contributed by atoms with Crippen molar-refractivity contribution in [2.45, 2.75) is 37.5 Å². The summed E-state index contributed by atoms with van der Waals surface area (Å²) in [6.07, 6.45) is 1.61. The van der Waals surface area contributed by atoms with E-state index in [2.05, 4.69) is 9.82 Å². The zero-order valence-corrected chi connectivity index (χ0v) is 13.6.